The predicted octanol–water partition coefficient (Wildman–Crippen LogP) is 4.16. The van der Waals surface area contributed by atoms with Crippen LogP contribution in [0.2, 0.25) is 5.02 Å². The summed E-state index contributed by atoms with van der Waals surface area (Å²) in [6, 6.07) is 8.67. The molecular formula is C19H14ClF2NO3. The van der Waals surface area contributed by atoms with Crippen LogP contribution in [-0.4, -0.2) is 17.1 Å². The highest BCUT2D eigenvalue weighted by atomic mass is 35.5. The van der Waals surface area contributed by atoms with Gasteiger partial charge in [-0.25, -0.2) is 13.6 Å². The second kappa shape index (κ2) is 7.25. The van der Waals surface area contributed by atoms with Gasteiger partial charge in [0.05, 0.1) is 12.1 Å². The molecule has 0 amide bonds. The van der Waals surface area contributed by atoms with Gasteiger partial charge in [-0.3, -0.25) is 4.79 Å². The Kier molecular flexibility index (Phi) is 5.04. The Morgan fingerprint density at radius 2 is 1.92 bits per heavy atom. The standard InChI is InChI=1S/C19H14ClF2NO3/c1-2-26-19(25)14-10-23(9-11-4-3-5-12(20)6-11)17-8-16(22)15(21)7-13(17)18(14)24/h3-8,10H,2,9H2,1H3. The molecule has 0 spiro atoms. The van der Waals surface area contributed by atoms with E-state index in [1.165, 1.54) is 10.8 Å². The van der Waals surface area contributed by atoms with Crippen molar-refractivity contribution in [2.75, 3.05) is 6.61 Å². The molecule has 0 saturated heterocycles. The molecule has 0 bridgehead atoms. The summed E-state index contributed by atoms with van der Waals surface area (Å²) in [7, 11) is 0. The highest BCUT2D eigenvalue weighted by molar-refractivity contribution is 6.30. The first kappa shape index (κ1) is 18.1. The molecule has 0 fully saturated rings. The third-order valence-electron chi connectivity index (χ3n) is 3.86. The van der Waals surface area contributed by atoms with E-state index in [0.29, 0.717) is 5.02 Å². The Bertz CT molecular complexity index is 1060. The monoisotopic (exact) mass is 377 g/mol. The molecule has 1 aromatic heterocycles. The second-order valence-corrected chi connectivity index (χ2v) is 6.07. The van der Waals surface area contributed by atoms with Gasteiger partial charge in [-0.15, -0.1) is 0 Å². The number of carbonyl (C=O) groups excluding carboxylic acids is 1. The number of hydrogen-bond donors (Lipinski definition) is 0. The number of aromatic nitrogens is 1. The van der Waals surface area contributed by atoms with E-state index in [2.05, 4.69) is 0 Å². The van der Waals surface area contributed by atoms with Crippen LogP contribution >= 0.6 is 11.6 Å². The number of ether oxygens (including phenoxy) is 1. The number of carbonyl (C=O) groups is 1. The highest BCUT2D eigenvalue weighted by Gasteiger charge is 2.18. The fourth-order valence-corrected chi connectivity index (χ4v) is 2.91. The van der Waals surface area contributed by atoms with Crippen molar-refractivity contribution in [3.8, 4) is 0 Å². The molecule has 26 heavy (non-hydrogen) atoms. The van der Waals surface area contributed by atoms with Gasteiger partial charge in [-0.05, 0) is 30.7 Å². The number of halogens is 3. The lowest BCUT2D eigenvalue weighted by molar-refractivity contribution is 0.0524. The van der Waals surface area contributed by atoms with E-state index in [1.807, 2.05) is 0 Å². The minimum atomic E-state index is -1.16. The SMILES string of the molecule is CCOC(=O)c1cn(Cc2cccc(Cl)c2)c2cc(F)c(F)cc2c1=O. The van der Waals surface area contributed by atoms with Crippen LogP contribution in [0.4, 0.5) is 8.78 Å². The van der Waals surface area contributed by atoms with Gasteiger partial charge < -0.3 is 9.30 Å². The summed E-state index contributed by atoms with van der Waals surface area (Å²) in [4.78, 5) is 24.6. The minimum absolute atomic E-state index is 0.0857. The van der Waals surface area contributed by atoms with Crippen molar-refractivity contribution in [2.45, 2.75) is 13.5 Å². The second-order valence-electron chi connectivity index (χ2n) is 5.63. The molecule has 2 aromatic carbocycles. The van der Waals surface area contributed by atoms with Crippen LogP contribution in [0.1, 0.15) is 22.8 Å². The summed E-state index contributed by atoms with van der Waals surface area (Å²) in [5.74, 6) is -3.06. The summed E-state index contributed by atoms with van der Waals surface area (Å²) >= 11 is 5.98. The van der Waals surface area contributed by atoms with Gasteiger partial charge in [0.1, 0.15) is 5.56 Å². The van der Waals surface area contributed by atoms with Crippen molar-refractivity contribution in [1.82, 2.24) is 4.57 Å². The highest BCUT2D eigenvalue weighted by Crippen LogP contribution is 2.20. The summed E-state index contributed by atoms with van der Waals surface area (Å²) in [6.45, 7) is 1.90. The van der Waals surface area contributed by atoms with Crippen LogP contribution in [0.25, 0.3) is 10.9 Å². The zero-order valence-electron chi connectivity index (χ0n) is 13.8. The van der Waals surface area contributed by atoms with Crippen LogP contribution < -0.4 is 5.43 Å². The lowest BCUT2D eigenvalue weighted by atomic mass is 10.1. The third kappa shape index (κ3) is 3.46. The molecule has 4 nitrogen and oxygen atoms in total. The molecule has 3 aromatic rings. The summed E-state index contributed by atoms with van der Waals surface area (Å²) in [5.41, 5.74) is -0.0176. The molecular weight excluding hydrogens is 364 g/mol. The normalized spacial score (nSPS) is 10.9. The average Bonchev–Trinajstić information content (AvgIpc) is 2.59. The molecule has 3 rings (SSSR count). The van der Waals surface area contributed by atoms with Crippen molar-refractivity contribution in [1.29, 1.82) is 0 Å². The van der Waals surface area contributed by atoms with E-state index >= 15 is 0 Å². The van der Waals surface area contributed by atoms with Crippen LogP contribution in [0.3, 0.4) is 0 Å². The van der Waals surface area contributed by atoms with Gasteiger partial charge in [0.25, 0.3) is 0 Å². The number of rotatable bonds is 4. The molecule has 0 atom stereocenters. The summed E-state index contributed by atoms with van der Waals surface area (Å²) < 4.78 is 33.8. The number of pyridine rings is 1. The number of benzene rings is 2. The maximum Gasteiger partial charge on any atom is 0.343 e. The lowest BCUT2D eigenvalue weighted by Crippen LogP contribution is -2.21. The van der Waals surface area contributed by atoms with Crippen LogP contribution in [0.15, 0.2) is 47.4 Å². The molecule has 0 aliphatic heterocycles. The zero-order chi connectivity index (χ0) is 18.8. The van der Waals surface area contributed by atoms with Gasteiger partial charge >= 0.3 is 5.97 Å². The number of esters is 1. The van der Waals surface area contributed by atoms with Crippen LogP contribution in [-0.2, 0) is 11.3 Å². The Hall–Kier alpha value is -2.73. The largest absolute Gasteiger partial charge is 0.462 e. The third-order valence-corrected chi connectivity index (χ3v) is 4.09. The van der Waals surface area contributed by atoms with E-state index < -0.39 is 23.0 Å². The van der Waals surface area contributed by atoms with E-state index in [1.54, 1.807) is 31.2 Å². The van der Waals surface area contributed by atoms with Crippen molar-refractivity contribution in [3.05, 3.63) is 80.6 Å². The van der Waals surface area contributed by atoms with Gasteiger partial charge in [-0.2, -0.15) is 0 Å². The van der Waals surface area contributed by atoms with Crippen molar-refractivity contribution >= 4 is 28.5 Å². The molecule has 1 heterocycles. The maximum atomic E-state index is 13.7. The number of hydrogen-bond acceptors (Lipinski definition) is 3. The fourth-order valence-electron chi connectivity index (χ4n) is 2.70. The van der Waals surface area contributed by atoms with Crippen molar-refractivity contribution < 1.29 is 18.3 Å². The van der Waals surface area contributed by atoms with Gasteiger partial charge in [-0.1, -0.05) is 23.7 Å². The average molecular weight is 378 g/mol. The molecule has 0 unspecified atom stereocenters. The van der Waals surface area contributed by atoms with Crippen LogP contribution in [0.5, 0.6) is 0 Å². The fraction of sp³-hybridized carbons (Fsp3) is 0.158. The van der Waals surface area contributed by atoms with Gasteiger partial charge in [0.2, 0.25) is 5.43 Å². The smallest absolute Gasteiger partial charge is 0.343 e. The Morgan fingerprint density at radius 1 is 1.19 bits per heavy atom. The molecule has 7 heteroatoms. The first-order chi connectivity index (χ1) is 12.4. The maximum absolute atomic E-state index is 13.7. The Labute approximate surface area is 152 Å². The van der Waals surface area contributed by atoms with Crippen LogP contribution in [0, 0.1) is 11.6 Å². The number of fused-ring (bicyclic) bond motifs is 1. The molecule has 0 aliphatic rings. The van der Waals surface area contributed by atoms with E-state index in [9.17, 15) is 18.4 Å². The van der Waals surface area contributed by atoms with E-state index in [0.717, 1.165) is 17.7 Å². The first-order valence-corrected chi connectivity index (χ1v) is 8.22. The zero-order valence-corrected chi connectivity index (χ0v) is 14.5. The molecule has 0 saturated carbocycles. The Morgan fingerprint density at radius 3 is 2.62 bits per heavy atom. The van der Waals surface area contributed by atoms with Gasteiger partial charge in [0.15, 0.2) is 11.6 Å². The summed E-state index contributed by atoms with van der Waals surface area (Å²) in [6.07, 6.45) is 1.29. The first-order valence-electron chi connectivity index (χ1n) is 7.84. The molecule has 0 aliphatic carbocycles. The molecule has 0 N–H and O–H groups in total. The minimum Gasteiger partial charge on any atom is -0.462 e. The molecule has 0 radical (unpaired) electrons. The van der Waals surface area contributed by atoms with E-state index in [-0.39, 0.29) is 29.6 Å². The number of nitrogens with zero attached hydrogens (tertiary/aromatic N) is 1. The topological polar surface area (TPSA) is 48.3 Å². The van der Waals surface area contributed by atoms with Crippen molar-refractivity contribution in [3.63, 3.8) is 0 Å². The van der Waals surface area contributed by atoms with Gasteiger partial charge in [0, 0.05) is 29.2 Å². The Balaban J connectivity index is 2.25. The predicted molar refractivity (Wildman–Crippen MR) is 94.6 cm³/mol. The molecule has 134 valence electrons. The summed E-state index contributed by atoms with van der Waals surface area (Å²) in [5, 5.41) is 0.409. The quantitative estimate of drug-likeness (QED) is 0.641. The lowest BCUT2D eigenvalue weighted by Gasteiger charge is -2.14. The van der Waals surface area contributed by atoms with E-state index in [4.69, 9.17) is 16.3 Å². The van der Waals surface area contributed by atoms with Crippen molar-refractivity contribution in [2.24, 2.45) is 0 Å².